The summed E-state index contributed by atoms with van der Waals surface area (Å²) < 4.78 is 10.8. The van der Waals surface area contributed by atoms with Crippen LogP contribution in [-0.4, -0.2) is 28.2 Å². The zero-order valence-corrected chi connectivity index (χ0v) is 15.5. The molecule has 2 heterocycles. The number of carbonyl (C=O) groups is 1. The van der Waals surface area contributed by atoms with Gasteiger partial charge in [-0.1, -0.05) is 5.10 Å². The number of pyridine rings is 1. The van der Waals surface area contributed by atoms with Gasteiger partial charge in [0.1, 0.15) is 5.75 Å². The molecule has 0 aliphatic heterocycles. The van der Waals surface area contributed by atoms with Crippen molar-refractivity contribution in [2.75, 3.05) is 17.7 Å². The first-order valence-corrected chi connectivity index (χ1v) is 8.78. The minimum atomic E-state index is -0.227. The van der Waals surface area contributed by atoms with Gasteiger partial charge in [0.05, 0.1) is 12.7 Å². The summed E-state index contributed by atoms with van der Waals surface area (Å²) >= 11 is 0. The largest absolute Gasteiger partial charge is 0.497 e. The number of nitrogens with zero attached hydrogens (tertiary/aromatic N) is 3. The predicted octanol–water partition coefficient (Wildman–Crippen LogP) is 4.14. The second-order valence-corrected chi connectivity index (χ2v) is 6.04. The quantitative estimate of drug-likeness (QED) is 0.513. The maximum atomic E-state index is 12.2. The van der Waals surface area contributed by atoms with Crippen molar-refractivity contribution in [2.24, 2.45) is 0 Å². The fourth-order valence-corrected chi connectivity index (χ4v) is 2.58. The predicted molar refractivity (Wildman–Crippen MR) is 108 cm³/mol. The molecule has 0 aliphatic rings. The van der Waals surface area contributed by atoms with Gasteiger partial charge in [0, 0.05) is 29.3 Å². The van der Waals surface area contributed by atoms with Gasteiger partial charge >= 0.3 is 6.01 Å². The zero-order valence-electron chi connectivity index (χ0n) is 15.5. The summed E-state index contributed by atoms with van der Waals surface area (Å²) in [5, 5.41) is 13.9. The highest BCUT2D eigenvalue weighted by atomic mass is 16.5. The lowest BCUT2D eigenvalue weighted by atomic mass is 10.2. The molecule has 0 bridgehead atoms. The van der Waals surface area contributed by atoms with Crippen molar-refractivity contribution >= 4 is 23.3 Å². The fraction of sp³-hybridized carbons (Fsp3) is 0.0476. The van der Waals surface area contributed by atoms with E-state index in [2.05, 4.69) is 25.8 Å². The Kier molecular flexibility index (Phi) is 5.15. The lowest BCUT2D eigenvalue weighted by Gasteiger charge is -2.05. The summed E-state index contributed by atoms with van der Waals surface area (Å²) in [5.74, 6) is 0.901. The van der Waals surface area contributed by atoms with Crippen molar-refractivity contribution in [3.8, 4) is 17.2 Å². The third-order valence-corrected chi connectivity index (χ3v) is 4.08. The van der Waals surface area contributed by atoms with Crippen molar-refractivity contribution in [2.45, 2.75) is 0 Å². The monoisotopic (exact) mass is 387 g/mol. The molecule has 8 nitrogen and oxygen atoms in total. The van der Waals surface area contributed by atoms with E-state index < -0.39 is 0 Å². The number of hydrogen-bond donors (Lipinski definition) is 2. The highest BCUT2D eigenvalue weighted by molar-refractivity contribution is 6.04. The average molecular weight is 387 g/mol. The molecule has 0 aliphatic carbocycles. The highest BCUT2D eigenvalue weighted by Crippen LogP contribution is 2.24. The smallest absolute Gasteiger partial charge is 0.320 e. The van der Waals surface area contributed by atoms with Gasteiger partial charge in [0.25, 0.3) is 5.91 Å². The highest BCUT2D eigenvalue weighted by Gasteiger charge is 2.10. The van der Waals surface area contributed by atoms with Gasteiger partial charge in [0.15, 0.2) is 0 Å². The standard InChI is InChI=1S/C21H17N5O3/c1-28-18-10-8-17(9-11-18)24-21-26-25-20(29-21)14-4-6-16(7-5-14)23-19(27)15-3-2-12-22-13-15/h2-13H,1H3,(H,23,27)(H,24,26). The molecular formula is C21H17N5O3. The van der Waals surface area contributed by atoms with E-state index in [0.717, 1.165) is 17.0 Å². The Hall–Kier alpha value is -4.20. The van der Waals surface area contributed by atoms with E-state index in [1.807, 2.05) is 24.3 Å². The number of nitrogens with one attached hydrogen (secondary N) is 2. The molecule has 4 aromatic rings. The molecule has 8 heteroatoms. The molecule has 2 aromatic carbocycles. The Balaban J connectivity index is 1.42. The molecule has 2 N–H and O–H groups in total. The van der Waals surface area contributed by atoms with Crippen molar-refractivity contribution < 1.29 is 13.9 Å². The lowest BCUT2D eigenvalue weighted by molar-refractivity contribution is 0.102. The van der Waals surface area contributed by atoms with Crippen LogP contribution >= 0.6 is 0 Å². The topological polar surface area (TPSA) is 102 Å². The summed E-state index contributed by atoms with van der Waals surface area (Å²) in [6.45, 7) is 0. The average Bonchev–Trinajstić information content (AvgIpc) is 3.24. The second-order valence-electron chi connectivity index (χ2n) is 6.04. The molecule has 1 amide bonds. The lowest BCUT2D eigenvalue weighted by Crippen LogP contribution is -2.11. The summed E-state index contributed by atoms with van der Waals surface area (Å²) in [6, 6.07) is 18.2. The van der Waals surface area contributed by atoms with Gasteiger partial charge in [0.2, 0.25) is 5.89 Å². The summed E-state index contributed by atoms with van der Waals surface area (Å²) in [7, 11) is 1.61. The van der Waals surface area contributed by atoms with Gasteiger partial charge in [-0.2, -0.15) is 0 Å². The number of methoxy groups -OCH3 is 1. The van der Waals surface area contributed by atoms with Crippen LogP contribution in [0.1, 0.15) is 10.4 Å². The van der Waals surface area contributed by atoms with Crippen molar-refractivity contribution in [1.82, 2.24) is 15.2 Å². The number of anilines is 3. The summed E-state index contributed by atoms with van der Waals surface area (Å²) in [6.07, 6.45) is 3.13. The fourth-order valence-electron chi connectivity index (χ4n) is 2.58. The minimum Gasteiger partial charge on any atom is -0.497 e. The summed E-state index contributed by atoms with van der Waals surface area (Å²) in [5.41, 5.74) is 2.68. The van der Waals surface area contributed by atoms with Crippen LogP contribution in [0.15, 0.2) is 77.5 Å². The first-order chi connectivity index (χ1) is 14.2. The van der Waals surface area contributed by atoms with E-state index in [9.17, 15) is 4.79 Å². The van der Waals surface area contributed by atoms with Crippen LogP contribution in [0.25, 0.3) is 11.5 Å². The Labute approximate surface area is 166 Å². The second kappa shape index (κ2) is 8.22. The van der Waals surface area contributed by atoms with Gasteiger partial charge in [-0.15, -0.1) is 5.10 Å². The molecular weight excluding hydrogens is 370 g/mol. The van der Waals surface area contributed by atoms with Crippen LogP contribution in [0, 0.1) is 0 Å². The van der Waals surface area contributed by atoms with E-state index >= 15 is 0 Å². The van der Waals surface area contributed by atoms with Crippen LogP contribution in [0.2, 0.25) is 0 Å². The number of ether oxygens (including phenoxy) is 1. The van der Waals surface area contributed by atoms with Crippen LogP contribution < -0.4 is 15.4 Å². The molecule has 0 saturated heterocycles. The molecule has 0 saturated carbocycles. The molecule has 4 rings (SSSR count). The molecule has 29 heavy (non-hydrogen) atoms. The number of carbonyl (C=O) groups excluding carboxylic acids is 1. The SMILES string of the molecule is COc1ccc(Nc2nnc(-c3ccc(NC(=O)c4cccnc4)cc3)o2)cc1. The number of aromatic nitrogens is 3. The van der Waals surface area contributed by atoms with E-state index in [4.69, 9.17) is 9.15 Å². The molecule has 144 valence electrons. The van der Waals surface area contributed by atoms with Crippen LogP contribution in [0.3, 0.4) is 0 Å². The zero-order chi connectivity index (χ0) is 20.1. The number of amides is 1. The van der Waals surface area contributed by atoms with Gasteiger partial charge < -0.3 is 19.8 Å². The Morgan fingerprint density at radius 1 is 0.966 bits per heavy atom. The van der Waals surface area contributed by atoms with Crippen molar-refractivity contribution in [1.29, 1.82) is 0 Å². The number of benzene rings is 2. The van der Waals surface area contributed by atoms with Crippen molar-refractivity contribution in [3.05, 3.63) is 78.6 Å². The van der Waals surface area contributed by atoms with E-state index in [0.29, 0.717) is 17.1 Å². The van der Waals surface area contributed by atoms with Gasteiger partial charge in [-0.25, -0.2) is 0 Å². The molecule has 0 atom stereocenters. The third kappa shape index (κ3) is 4.38. The Morgan fingerprint density at radius 3 is 2.41 bits per heavy atom. The first kappa shape index (κ1) is 18.2. The van der Waals surface area contributed by atoms with Crippen LogP contribution in [0.5, 0.6) is 5.75 Å². The van der Waals surface area contributed by atoms with E-state index in [1.165, 1.54) is 6.20 Å². The maximum Gasteiger partial charge on any atom is 0.320 e. The third-order valence-electron chi connectivity index (χ3n) is 4.08. The van der Waals surface area contributed by atoms with E-state index in [1.54, 1.807) is 49.7 Å². The maximum absolute atomic E-state index is 12.2. The number of rotatable bonds is 6. The van der Waals surface area contributed by atoms with Gasteiger partial charge in [-0.3, -0.25) is 9.78 Å². The Bertz CT molecular complexity index is 1090. The van der Waals surface area contributed by atoms with Crippen molar-refractivity contribution in [3.63, 3.8) is 0 Å². The number of hydrogen-bond acceptors (Lipinski definition) is 7. The molecule has 2 aromatic heterocycles. The molecule has 0 unspecified atom stereocenters. The molecule has 0 spiro atoms. The Morgan fingerprint density at radius 2 is 1.72 bits per heavy atom. The summed E-state index contributed by atoms with van der Waals surface area (Å²) in [4.78, 5) is 16.1. The van der Waals surface area contributed by atoms with E-state index in [-0.39, 0.29) is 11.9 Å². The van der Waals surface area contributed by atoms with Crippen LogP contribution in [0.4, 0.5) is 17.4 Å². The van der Waals surface area contributed by atoms with Gasteiger partial charge in [-0.05, 0) is 60.7 Å². The molecule has 0 radical (unpaired) electrons. The minimum absolute atomic E-state index is 0.227. The normalized spacial score (nSPS) is 10.4. The van der Waals surface area contributed by atoms with Crippen LogP contribution in [-0.2, 0) is 0 Å². The first-order valence-electron chi connectivity index (χ1n) is 8.78. The molecule has 0 fully saturated rings.